The highest BCUT2D eigenvalue weighted by Gasteiger charge is 2.13. The Morgan fingerprint density at radius 3 is 2.75 bits per heavy atom. The molecule has 2 heterocycles. The summed E-state index contributed by atoms with van der Waals surface area (Å²) < 4.78 is 12.5. The van der Waals surface area contributed by atoms with E-state index in [1.54, 1.807) is 30.0 Å². The highest BCUT2D eigenvalue weighted by molar-refractivity contribution is 5.68. The van der Waals surface area contributed by atoms with Gasteiger partial charge in [-0.2, -0.15) is 5.26 Å². The molecule has 0 bridgehead atoms. The third-order valence-corrected chi connectivity index (χ3v) is 4.97. The summed E-state index contributed by atoms with van der Waals surface area (Å²) in [6.45, 7) is 1.77. The molecule has 2 aromatic heterocycles. The summed E-state index contributed by atoms with van der Waals surface area (Å²) in [5, 5.41) is 17.6. The van der Waals surface area contributed by atoms with Gasteiger partial charge < -0.3 is 15.2 Å². The zero-order valence-electron chi connectivity index (χ0n) is 17.7. The van der Waals surface area contributed by atoms with Gasteiger partial charge in [-0.3, -0.25) is 0 Å². The van der Waals surface area contributed by atoms with Gasteiger partial charge in [0.15, 0.2) is 0 Å². The SMILES string of the molecule is COCCOC1=CC=C(Cn2cc(-c3cc(-c4cccc(C#N)c4)nc(N)n3)nn2)CC1. The lowest BCUT2D eigenvalue weighted by atomic mass is 10.0. The smallest absolute Gasteiger partial charge is 0.221 e. The van der Waals surface area contributed by atoms with Crippen LogP contribution >= 0.6 is 0 Å². The van der Waals surface area contributed by atoms with Gasteiger partial charge >= 0.3 is 0 Å². The van der Waals surface area contributed by atoms with Crippen LogP contribution in [0.25, 0.3) is 22.6 Å². The third kappa shape index (κ3) is 5.17. The molecule has 9 heteroatoms. The van der Waals surface area contributed by atoms with Crippen LogP contribution in [-0.4, -0.2) is 45.3 Å². The number of nitrogen functional groups attached to an aromatic ring is 1. The van der Waals surface area contributed by atoms with E-state index >= 15 is 0 Å². The second-order valence-corrected chi connectivity index (χ2v) is 7.29. The number of nitrogens with two attached hydrogens (primary N) is 1. The van der Waals surface area contributed by atoms with Crippen molar-refractivity contribution in [3.8, 4) is 28.7 Å². The zero-order chi connectivity index (χ0) is 22.3. The van der Waals surface area contributed by atoms with Crippen molar-refractivity contribution < 1.29 is 9.47 Å². The van der Waals surface area contributed by atoms with E-state index in [-0.39, 0.29) is 5.95 Å². The van der Waals surface area contributed by atoms with Crippen LogP contribution in [0.3, 0.4) is 0 Å². The normalized spacial score (nSPS) is 13.2. The molecular formula is C23H23N7O2. The minimum Gasteiger partial charge on any atom is -0.496 e. The number of rotatable bonds is 8. The van der Waals surface area contributed by atoms with E-state index in [1.165, 1.54) is 5.57 Å². The highest BCUT2D eigenvalue weighted by atomic mass is 16.5. The van der Waals surface area contributed by atoms with E-state index in [0.29, 0.717) is 42.4 Å². The van der Waals surface area contributed by atoms with Crippen molar-refractivity contribution >= 4 is 5.95 Å². The predicted octanol–water partition coefficient (Wildman–Crippen LogP) is 3.12. The van der Waals surface area contributed by atoms with Gasteiger partial charge in [-0.05, 0) is 36.3 Å². The zero-order valence-corrected chi connectivity index (χ0v) is 17.7. The highest BCUT2D eigenvalue weighted by Crippen LogP contribution is 2.25. The van der Waals surface area contributed by atoms with Gasteiger partial charge in [0, 0.05) is 19.1 Å². The first-order chi connectivity index (χ1) is 15.6. The number of nitriles is 1. The van der Waals surface area contributed by atoms with Crippen molar-refractivity contribution in [2.24, 2.45) is 0 Å². The van der Waals surface area contributed by atoms with Gasteiger partial charge in [-0.1, -0.05) is 23.4 Å². The second kappa shape index (κ2) is 9.85. The molecule has 3 aromatic rings. The van der Waals surface area contributed by atoms with Gasteiger partial charge in [-0.15, -0.1) is 5.10 Å². The van der Waals surface area contributed by atoms with Gasteiger partial charge in [0.05, 0.1) is 48.1 Å². The summed E-state index contributed by atoms with van der Waals surface area (Å²) in [5.74, 6) is 1.10. The summed E-state index contributed by atoms with van der Waals surface area (Å²) in [6.07, 6.45) is 7.65. The molecule has 0 radical (unpaired) electrons. The van der Waals surface area contributed by atoms with Crippen LogP contribution in [0.15, 0.2) is 60.0 Å². The molecule has 4 rings (SSSR count). The van der Waals surface area contributed by atoms with Crippen molar-refractivity contribution in [1.82, 2.24) is 25.0 Å². The van der Waals surface area contributed by atoms with Gasteiger partial charge in [0.25, 0.3) is 0 Å². The molecule has 2 N–H and O–H groups in total. The molecule has 1 aliphatic carbocycles. The Balaban J connectivity index is 1.49. The molecular weight excluding hydrogens is 406 g/mol. The molecule has 0 atom stereocenters. The van der Waals surface area contributed by atoms with E-state index in [4.69, 9.17) is 20.5 Å². The monoisotopic (exact) mass is 429 g/mol. The minimum atomic E-state index is 0.135. The Morgan fingerprint density at radius 2 is 1.97 bits per heavy atom. The van der Waals surface area contributed by atoms with E-state index in [0.717, 1.165) is 24.2 Å². The quantitative estimate of drug-likeness (QED) is 0.542. The maximum atomic E-state index is 9.15. The minimum absolute atomic E-state index is 0.135. The van der Waals surface area contributed by atoms with Crippen LogP contribution in [0.1, 0.15) is 18.4 Å². The molecule has 9 nitrogen and oxygen atoms in total. The Labute approximate surface area is 185 Å². The number of methoxy groups -OCH3 is 1. The molecule has 0 unspecified atom stereocenters. The van der Waals surface area contributed by atoms with Gasteiger partial charge in [0.1, 0.15) is 12.3 Å². The van der Waals surface area contributed by atoms with Crippen molar-refractivity contribution in [2.75, 3.05) is 26.1 Å². The number of nitrogens with zero attached hydrogens (tertiary/aromatic N) is 6. The number of hydrogen-bond donors (Lipinski definition) is 1. The van der Waals surface area contributed by atoms with Crippen molar-refractivity contribution in [1.29, 1.82) is 5.26 Å². The molecule has 162 valence electrons. The maximum absolute atomic E-state index is 9.15. The largest absolute Gasteiger partial charge is 0.496 e. The number of anilines is 1. The molecule has 0 aliphatic heterocycles. The summed E-state index contributed by atoms with van der Waals surface area (Å²) in [5.41, 5.74) is 10.3. The first-order valence-corrected chi connectivity index (χ1v) is 10.2. The maximum Gasteiger partial charge on any atom is 0.221 e. The summed E-state index contributed by atoms with van der Waals surface area (Å²) >= 11 is 0. The van der Waals surface area contributed by atoms with E-state index < -0.39 is 0 Å². The Kier molecular flexibility index (Phi) is 6.53. The summed E-state index contributed by atoms with van der Waals surface area (Å²) in [6, 6.07) is 11.1. The van der Waals surface area contributed by atoms with Crippen LogP contribution in [0, 0.1) is 11.3 Å². The first kappa shape index (κ1) is 21.2. The topological polar surface area (TPSA) is 125 Å². The fourth-order valence-corrected chi connectivity index (χ4v) is 3.36. The average Bonchev–Trinajstić information content (AvgIpc) is 3.28. The van der Waals surface area contributed by atoms with Crippen molar-refractivity contribution in [3.05, 3.63) is 65.6 Å². The fraction of sp³-hybridized carbons (Fsp3) is 0.261. The third-order valence-electron chi connectivity index (χ3n) is 4.97. The lowest BCUT2D eigenvalue weighted by molar-refractivity contribution is 0.106. The number of aromatic nitrogens is 5. The summed E-state index contributed by atoms with van der Waals surface area (Å²) in [7, 11) is 1.66. The standard InChI is InChI=1S/C23H23N7O2/c1-31-9-10-32-19-7-5-16(6-8-19)14-30-15-22(28-29-30)21-12-20(26-23(25)27-21)18-4-2-3-17(11-18)13-24/h2-5,7,11-12,15H,6,8-10,14H2,1H3,(H2,25,26,27). The fourth-order valence-electron chi connectivity index (χ4n) is 3.36. The molecule has 0 saturated heterocycles. The molecule has 1 aromatic carbocycles. The summed E-state index contributed by atoms with van der Waals surface area (Å²) in [4.78, 5) is 8.62. The first-order valence-electron chi connectivity index (χ1n) is 10.2. The van der Waals surface area contributed by atoms with Crippen molar-refractivity contribution in [3.63, 3.8) is 0 Å². The van der Waals surface area contributed by atoms with Crippen molar-refractivity contribution in [2.45, 2.75) is 19.4 Å². The van der Waals surface area contributed by atoms with Crippen LogP contribution in [0.4, 0.5) is 5.95 Å². The number of hydrogen-bond acceptors (Lipinski definition) is 8. The molecule has 0 saturated carbocycles. The average molecular weight is 429 g/mol. The van der Waals surface area contributed by atoms with Gasteiger partial charge in [-0.25, -0.2) is 14.6 Å². The number of benzene rings is 1. The van der Waals surface area contributed by atoms with E-state index in [1.807, 2.05) is 24.4 Å². The molecule has 0 amide bonds. The second-order valence-electron chi connectivity index (χ2n) is 7.29. The molecule has 32 heavy (non-hydrogen) atoms. The molecule has 0 fully saturated rings. The van der Waals surface area contributed by atoms with Crippen LogP contribution in [-0.2, 0) is 16.0 Å². The Morgan fingerprint density at radius 1 is 1.09 bits per heavy atom. The lowest BCUT2D eigenvalue weighted by Crippen LogP contribution is -2.07. The number of ether oxygens (including phenoxy) is 2. The lowest BCUT2D eigenvalue weighted by Gasteiger charge is -2.15. The van der Waals surface area contributed by atoms with E-state index in [9.17, 15) is 0 Å². The Hall–Kier alpha value is -4.03. The van der Waals surface area contributed by atoms with Crippen LogP contribution < -0.4 is 5.73 Å². The van der Waals surface area contributed by atoms with Gasteiger partial charge in [0.2, 0.25) is 5.95 Å². The predicted molar refractivity (Wildman–Crippen MR) is 119 cm³/mol. The van der Waals surface area contributed by atoms with E-state index in [2.05, 4.69) is 32.4 Å². The molecule has 1 aliphatic rings. The van der Waals surface area contributed by atoms with Crippen LogP contribution in [0.5, 0.6) is 0 Å². The Bertz CT molecular complexity index is 1210. The van der Waals surface area contributed by atoms with Crippen LogP contribution in [0.2, 0.25) is 0 Å². The number of allylic oxidation sites excluding steroid dienone is 4. The molecule has 0 spiro atoms.